The van der Waals surface area contributed by atoms with Gasteiger partial charge >= 0.3 is 6.18 Å². The fourth-order valence-electron chi connectivity index (χ4n) is 2.49. The van der Waals surface area contributed by atoms with Crippen LogP contribution >= 0.6 is 11.8 Å². The number of nitrogens with zero attached hydrogens (tertiary/aromatic N) is 4. The van der Waals surface area contributed by atoms with E-state index in [4.69, 9.17) is 0 Å². The lowest BCUT2D eigenvalue weighted by molar-refractivity contribution is -0.145. The Balaban J connectivity index is 1.95. The van der Waals surface area contributed by atoms with Crippen LogP contribution in [0.25, 0.3) is 16.7 Å². The number of halogens is 3. The van der Waals surface area contributed by atoms with Gasteiger partial charge in [-0.3, -0.25) is 4.40 Å². The summed E-state index contributed by atoms with van der Waals surface area (Å²) in [5, 5.41) is 17.4. The summed E-state index contributed by atoms with van der Waals surface area (Å²) < 4.78 is 40.9. The van der Waals surface area contributed by atoms with Crippen LogP contribution in [0, 0.1) is 6.92 Å². The molecule has 1 aliphatic carbocycles. The van der Waals surface area contributed by atoms with E-state index >= 15 is 0 Å². The molecule has 3 aromatic rings. The van der Waals surface area contributed by atoms with Gasteiger partial charge in [0.2, 0.25) is 5.82 Å². The van der Waals surface area contributed by atoms with E-state index in [0.29, 0.717) is 34.7 Å². The first-order chi connectivity index (χ1) is 11.3. The molecule has 4 rings (SSSR count). The van der Waals surface area contributed by atoms with Gasteiger partial charge < -0.3 is 5.11 Å². The Labute approximate surface area is 138 Å². The van der Waals surface area contributed by atoms with Crippen LogP contribution in [-0.4, -0.2) is 36.0 Å². The molecule has 5 nitrogen and oxygen atoms in total. The number of thioether (sulfide) groups is 1. The Morgan fingerprint density at radius 2 is 2.04 bits per heavy atom. The van der Waals surface area contributed by atoms with Gasteiger partial charge in [0.1, 0.15) is 5.03 Å². The molecule has 0 bridgehead atoms. The quantitative estimate of drug-likeness (QED) is 0.732. The lowest BCUT2D eigenvalue weighted by atomic mass is 10.2. The number of benzene rings is 1. The molecule has 1 N–H and O–H groups in total. The number of rotatable bonds is 3. The van der Waals surface area contributed by atoms with E-state index in [-0.39, 0.29) is 5.65 Å². The van der Waals surface area contributed by atoms with Crippen LogP contribution in [0.1, 0.15) is 24.2 Å². The second kappa shape index (κ2) is 5.06. The van der Waals surface area contributed by atoms with Gasteiger partial charge in [-0.2, -0.15) is 13.2 Å². The first-order valence-corrected chi connectivity index (χ1v) is 8.33. The van der Waals surface area contributed by atoms with Crippen molar-refractivity contribution in [1.29, 1.82) is 0 Å². The van der Waals surface area contributed by atoms with Crippen molar-refractivity contribution in [3.05, 3.63) is 29.6 Å². The molecule has 0 atom stereocenters. The maximum Gasteiger partial charge on any atom is 0.452 e. The van der Waals surface area contributed by atoms with Crippen molar-refractivity contribution < 1.29 is 18.3 Å². The van der Waals surface area contributed by atoms with Crippen molar-refractivity contribution in [2.24, 2.45) is 0 Å². The summed E-state index contributed by atoms with van der Waals surface area (Å²) in [6.07, 6.45) is -3.22. The molecule has 0 unspecified atom stereocenters. The summed E-state index contributed by atoms with van der Waals surface area (Å²) in [7, 11) is 0. The van der Waals surface area contributed by atoms with E-state index in [2.05, 4.69) is 15.2 Å². The van der Waals surface area contributed by atoms with E-state index in [1.807, 2.05) is 0 Å². The van der Waals surface area contributed by atoms with Gasteiger partial charge in [0, 0.05) is 5.75 Å². The first-order valence-electron chi connectivity index (χ1n) is 7.35. The Hall–Kier alpha value is -1.87. The minimum absolute atomic E-state index is 0.0645. The average Bonchev–Trinajstić information content (AvgIpc) is 3.07. The summed E-state index contributed by atoms with van der Waals surface area (Å²) >= 11 is 1.21. The second-order valence-electron chi connectivity index (χ2n) is 6.10. The molecule has 0 aliphatic heterocycles. The largest absolute Gasteiger partial charge is 0.452 e. The maximum atomic E-state index is 13.3. The standard InChI is InChI=1S/C15H13F3N4OS/c1-8-2-3-9-10(6-8)22-11(20-21-13(22)15(16,17)18)12(19-9)24-7-14(23)4-5-14/h2-3,6,23H,4-5,7H2,1H3. The maximum absolute atomic E-state index is 13.3. The highest BCUT2D eigenvalue weighted by Crippen LogP contribution is 2.41. The van der Waals surface area contributed by atoms with Crippen LogP contribution in [-0.2, 0) is 6.18 Å². The zero-order valence-electron chi connectivity index (χ0n) is 12.6. The molecule has 0 radical (unpaired) electrons. The monoisotopic (exact) mass is 354 g/mol. The van der Waals surface area contributed by atoms with Crippen molar-refractivity contribution in [3.8, 4) is 0 Å². The van der Waals surface area contributed by atoms with E-state index in [9.17, 15) is 18.3 Å². The Morgan fingerprint density at radius 3 is 2.71 bits per heavy atom. The lowest BCUT2D eigenvalue weighted by Crippen LogP contribution is -2.13. The van der Waals surface area contributed by atoms with E-state index < -0.39 is 17.6 Å². The van der Waals surface area contributed by atoms with Gasteiger partial charge in [0.25, 0.3) is 0 Å². The summed E-state index contributed by atoms with van der Waals surface area (Å²) in [5.74, 6) is -0.691. The van der Waals surface area contributed by atoms with Crippen molar-refractivity contribution >= 4 is 28.4 Å². The molecule has 0 amide bonds. The van der Waals surface area contributed by atoms with Gasteiger partial charge in [-0.1, -0.05) is 17.8 Å². The Kier molecular flexibility index (Phi) is 3.30. The number of fused-ring (bicyclic) bond motifs is 3. The second-order valence-corrected chi connectivity index (χ2v) is 7.07. The average molecular weight is 354 g/mol. The van der Waals surface area contributed by atoms with E-state index in [1.165, 1.54) is 11.8 Å². The highest BCUT2D eigenvalue weighted by Gasteiger charge is 2.41. The first kappa shape index (κ1) is 15.6. The number of aryl methyl sites for hydroxylation is 1. The molecule has 0 spiro atoms. The van der Waals surface area contributed by atoms with Crippen LogP contribution in [0.2, 0.25) is 0 Å². The number of alkyl halides is 3. The molecule has 126 valence electrons. The molecule has 1 aliphatic rings. The fraction of sp³-hybridized carbons (Fsp3) is 0.400. The normalized spacial score (nSPS) is 16.9. The smallest absolute Gasteiger partial charge is 0.389 e. The van der Waals surface area contributed by atoms with Gasteiger partial charge in [-0.05, 0) is 37.5 Å². The molecule has 2 aromatic heterocycles. The molecular weight excluding hydrogens is 341 g/mol. The number of aliphatic hydroxyl groups is 1. The number of hydrogen-bond acceptors (Lipinski definition) is 5. The third kappa shape index (κ3) is 2.61. The lowest BCUT2D eigenvalue weighted by Gasteiger charge is -2.11. The summed E-state index contributed by atoms with van der Waals surface area (Å²) in [4.78, 5) is 4.43. The summed E-state index contributed by atoms with van der Waals surface area (Å²) in [5.41, 5.74) is 0.897. The zero-order chi connectivity index (χ0) is 17.1. The van der Waals surface area contributed by atoms with Crippen molar-refractivity contribution in [2.45, 2.75) is 36.6 Å². The van der Waals surface area contributed by atoms with Crippen LogP contribution in [0.15, 0.2) is 23.2 Å². The fourth-order valence-corrected chi connectivity index (χ4v) is 3.61. The number of aromatic nitrogens is 4. The molecular formula is C15H13F3N4OS. The SMILES string of the molecule is Cc1ccc2nc(SCC3(O)CC3)c3nnc(C(F)(F)F)n3c2c1. The van der Waals surface area contributed by atoms with Gasteiger partial charge in [0.05, 0.1) is 16.6 Å². The zero-order valence-corrected chi connectivity index (χ0v) is 13.4. The van der Waals surface area contributed by atoms with Crippen molar-refractivity contribution in [3.63, 3.8) is 0 Å². The molecule has 0 saturated heterocycles. The number of hydrogen-bond donors (Lipinski definition) is 1. The summed E-state index contributed by atoms with van der Waals surface area (Å²) in [6.45, 7) is 1.80. The van der Waals surface area contributed by atoms with E-state index in [0.717, 1.165) is 9.96 Å². The molecule has 1 fully saturated rings. The molecule has 2 heterocycles. The molecule has 24 heavy (non-hydrogen) atoms. The van der Waals surface area contributed by atoms with Gasteiger partial charge in [-0.25, -0.2) is 4.98 Å². The van der Waals surface area contributed by atoms with Crippen molar-refractivity contribution in [2.75, 3.05) is 5.75 Å². The van der Waals surface area contributed by atoms with Crippen LogP contribution in [0.5, 0.6) is 0 Å². The van der Waals surface area contributed by atoms with Gasteiger partial charge in [-0.15, -0.1) is 10.2 Å². The Morgan fingerprint density at radius 1 is 1.29 bits per heavy atom. The molecule has 9 heteroatoms. The Bertz CT molecular complexity index is 949. The van der Waals surface area contributed by atoms with Gasteiger partial charge in [0.15, 0.2) is 5.65 Å². The minimum atomic E-state index is -4.62. The highest BCUT2D eigenvalue weighted by molar-refractivity contribution is 7.99. The van der Waals surface area contributed by atoms with Crippen molar-refractivity contribution in [1.82, 2.24) is 19.6 Å². The van der Waals surface area contributed by atoms with Crippen LogP contribution in [0.4, 0.5) is 13.2 Å². The predicted molar refractivity (Wildman–Crippen MR) is 82.9 cm³/mol. The highest BCUT2D eigenvalue weighted by atomic mass is 32.2. The minimum Gasteiger partial charge on any atom is -0.389 e. The predicted octanol–water partition coefficient (Wildman–Crippen LogP) is 3.22. The van der Waals surface area contributed by atoms with Crippen LogP contribution < -0.4 is 0 Å². The molecule has 1 aromatic carbocycles. The van der Waals surface area contributed by atoms with Crippen LogP contribution in [0.3, 0.4) is 0 Å². The third-order valence-electron chi connectivity index (χ3n) is 4.01. The summed E-state index contributed by atoms with van der Waals surface area (Å²) in [6, 6.07) is 5.11. The molecule has 1 saturated carbocycles. The topological polar surface area (TPSA) is 63.3 Å². The third-order valence-corrected chi connectivity index (χ3v) is 5.24. The van der Waals surface area contributed by atoms with E-state index in [1.54, 1.807) is 25.1 Å².